The number of hydrogen-bond donors (Lipinski definition) is 1. The number of ether oxygens (including phenoxy) is 2. The van der Waals surface area contributed by atoms with Gasteiger partial charge in [-0.15, -0.1) is 0 Å². The summed E-state index contributed by atoms with van der Waals surface area (Å²) in [5.41, 5.74) is -0.587. The van der Waals surface area contributed by atoms with Crippen LogP contribution in [-0.2, 0) is 4.74 Å². The molecule has 1 aromatic rings. The van der Waals surface area contributed by atoms with Gasteiger partial charge in [0.25, 0.3) is 5.69 Å². The minimum atomic E-state index is -0.613. The number of nitrogens with zero attached hydrogens (tertiary/aromatic N) is 2. The van der Waals surface area contributed by atoms with Gasteiger partial charge in [-0.05, 0) is 51.7 Å². The average molecular weight is 379 g/mol. The molecule has 1 aromatic carbocycles. The third kappa shape index (κ3) is 6.76. The summed E-state index contributed by atoms with van der Waals surface area (Å²) in [6, 6.07) is 5.29. The van der Waals surface area contributed by atoms with Crippen molar-refractivity contribution in [3.8, 4) is 5.75 Å². The second kappa shape index (κ2) is 8.70. The van der Waals surface area contributed by atoms with E-state index >= 15 is 0 Å². The Bertz CT molecular complexity index is 675. The van der Waals surface area contributed by atoms with Crippen LogP contribution in [0.4, 0.5) is 15.3 Å². The predicted molar refractivity (Wildman–Crippen MR) is 97.7 cm³/mol. The topological polar surface area (TPSA) is 111 Å². The van der Waals surface area contributed by atoms with E-state index in [1.54, 1.807) is 4.90 Å². The number of hydrogen-bond acceptors (Lipinski definition) is 6. The standard InChI is InChI=1S/C18H25N3O6/c1-18(2,3)27-17(23)20-10-8-13(9-11-20)12-19-16(22)26-15-6-4-14(5-7-15)21(24)25/h4-7,13H,8-12H2,1-3H3,(H,19,22). The van der Waals surface area contributed by atoms with Crippen molar-refractivity contribution in [3.05, 3.63) is 34.4 Å². The molecule has 1 aliphatic rings. The Morgan fingerprint density at radius 3 is 2.33 bits per heavy atom. The smallest absolute Gasteiger partial charge is 0.412 e. The molecule has 0 aromatic heterocycles. The lowest BCUT2D eigenvalue weighted by molar-refractivity contribution is -0.384. The van der Waals surface area contributed by atoms with Gasteiger partial charge < -0.3 is 19.7 Å². The molecule has 1 fully saturated rings. The molecule has 148 valence electrons. The number of benzene rings is 1. The number of non-ortho nitro benzene ring substituents is 1. The van der Waals surface area contributed by atoms with Crippen LogP contribution in [0.15, 0.2) is 24.3 Å². The highest BCUT2D eigenvalue weighted by Gasteiger charge is 2.27. The second-order valence-electron chi connectivity index (χ2n) is 7.43. The van der Waals surface area contributed by atoms with Crippen LogP contribution >= 0.6 is 0 Å². The number of nitrogens with one attached hydrogen (secondary N) is 1. The summed E-state index contributed by atoms with van der Waals surface area (Å²) in [5, 5.41) is 13.3. The molecule has 0 unspecified atom stereocenters. The first-order chi connectivity index (χ1) is 12.6. The Hall–Kier alpha value is -2.84. The molecule has 9 nitrogen and oxygen atoms in total. The summed E-state index contributed by atoms with van der Waals surface area (Å²) in [6.07, 6.45) is 0.596. The fourth-order valence-corrected chi connectivity index (χ4v) is 2.65. The highest BCUT2D eigenvalue weighted by molar-refractivity contribution is 5.70. The van der Waals surface area contributed by atoms with Crippen LogP contribution in [-0.4, -0.2) is 47.2 Å². The quantitative estimate of drug-likeness (QED) is 0.634. The molecule has 0 bridgehead atoms. The van der Waals surface area contributed by atoms with Gasteiger partial charge in [0.2, 0.25) is 0 Å². The van der Waals surface area contributed by atoms with Gasteiger partial charge >= 0.3 is 12.2 Å². The minimum Gasteiger partial charge on any atom is -0.444 e. The van der Waals surface area contributed by atoms with Crippen LogP contribution in [0.5, 0.6) is 5.75 Å². The first kappa shape index (κ1) is 20.5. The summed E-state index contributed by atoms with van der Waals surface area (Å²) in [5.74, 6) is 0.478. The molecule has 0 spiro atoms. The van der Waals surface area contributed by atoms with Crippen LogP contribution in [0.25, 0.3) is 0 Å². The lowest BCUT2D eigenvalue weighted by Gasteiger charge is -2.33. The lowest BCUT2D eigenvalue weighted by atomic mass is 9.97. The van der Waals surface area contributed by atoms with E-state index in [2.05, 4.69) is 5.32 Å². The Morgan fingerprint density at radius 2 is 1.81 bits per heavy atom. The summed E-state index contributed by atoms with van der Waals surface area (Å²) < 4.78 is 10.5. The number of rotatable bonds is 4. The van der Waals surface area contributed by atoms with E-state index in [0.717, 1.165) is 12.8 Å². The number of likely N-dealkylation sites (tertiary alicyclic amines) is 1. The molecule has 9 heteroatoms. The molecule has 27 heavy (non-hydrogen) atoms. The molecule has 1 saturated heterocycles. The van der Waals surface area contributed by atoms with Gasteiger partial charge in [-0.2, -0.15) is 0 Å². The van der Waals surface area contributed by atoms with E-state index in [4.69, 9.17) is 9.47 Å². The largest absolute Gasteiger partial charge is 0.444 e. The maximum Gasteiger partial charge on any atom is 0.412 e. The van der Waals surface area contributed by atoms with Crippen LogP contribution < -0.4 is 10.1 Å². The fourth-order valence-electron chi connectivity index (χ4n) is 2.65. The number of nitro groups is 1. The molecule has 1 aliphatic heterocycles. The third-order valence-electron chi connectivity index (χ3n) is 4.06. The Kier molecular flexibility index (Phi) is 6.59. The Balaban J connectivity index is 1.71. The van der Waals surface area contributed by atoms with Crippen molar-refractivity contribution in [2.24, 2.45) is 5.92 Å². The molecule has 0 radical (unpaired) electrons. The van der Waals surface area contributed by atoms with Gasteiger partial charge in [-0.1, -0.05) is 0 Å². The van der Waals surface area contributed by atoms with Crippen molar-refractivity contribution in [1.29, 1.82) is 0 Å². The van der Waals surface area contributed by atoms with Gasteiger partial charge in [-0.3, -0.25) is 10.1 Å². The first-order valence-corrected chi connectivity index (χ1v) is 8.82. The fraction of sp³-hybridized carbons (Fsp3) is 0.556. The highest BCUT2D eigenvalue weighted by Crippen LogP contribution is 2.20. The molecule has 2 rings (SSSR count). The summed E-state index contributed by atoms with van der Waals surface area (Å²) in [4.78, 5) is 35.6. The molecule has 2 amide bonds. The monoisotopic (exact) mass is 379 g/mol. The van der Waals surface area contributed by atoms with Gasteiger partial charge in [-0.25, -0.2) is 9.59 Å². The molecular weight excluding hydrogens is 354 g/mol. The maximum atomic E-state index is 12.0. The van der Waals surface area contributed by atoms with E-state index in [1.165, 1.54) is 24.3 Å². The Labute approximate surface area is 157 Å². The zero-order chi connectivity index (χ0) is 20.0. The van der Waals surface area contributed by atoms with Gasteiger partial charge in [0.05, 0.1) is 4.92 Å². The number of piperidine rings is 1. The van der Waals surface area contributed by atoms with Crippen molar-refractivity contribution >= 4 is 17.9 Å². The molecule has 1 N–H and O–H groups in total. The number of amides is 2. The summed E-state index contributed by atoms with van der Waals surface area (Å²) in [6.45, 7) is 7.10. The highest BCUT2D eigenvalue weighted by atomic mass is 16.6. The van der Waals surface area contributed by atoms with Crippen LogP contribution in [0.1, 0.15) is 33.6 Å². The molecule has 0 atom stereocenters. The van der Waals surface area contributed by atoms with E-state index < -0.39 is 16.6 Å². The van der Waals surface area contributed by atoms with Gasteiger partial charge in [0.1, 0.15) is 11.4 Å². The lowest BCUT2D eigenvalue weighted by Crippen LogP contribution is -2.44. The van der Waals surface area contributed by atoms with Gasteiger partial charge in [0.15, 0.2) is 0 Å². The van der Waals surface area contributed by atoms with E-state index in [9.17, 15) is 19.7 Å². The SMILES string of the molecule is CC(C)(C)OC(=O)N1CCC(CNC(=O)Oc2ccc([N+](=O)[O-])cc2)CC1. The van der Waals surface area contributed by atoms with Crippen molar-refractivity contribution in [1.82, 2.24) is 10.2 Å². The van der Waals surface area contributed by atoms with Crippen LogP contribution in [0.3, 0.4) is 0 Å². The summed E-state index contributed by atoms with van der Waals surface area (Å²) >= 11 is 0. The molecule has 1 heterocycles. The van der Waals surface area contributed by atoms with Crippen molar-refractivity contribution in [2.75, 3.05) is 19.6 Å². The number of nitro benzene ring substituents is 1. The molecular formula is C18H25N3O6. The molecule has 0 saturated carbocycles. The Morgan fingerprint density at radius 1 is 1.22 bits per heavy atom. The van der Waals surface area contributed by atoms with E-state index in [-0.39, 0.29) is 23.4 Å². The number of carbonyl (C=O) groups is 2. The van der Waals surface area contributed by atoms with Gasteiger partial charge in [0, 0.05) is 31.8 Å². The zero-order valence-corrected chi connectivity index (χ0v) is 15.8. The number of carbonyl (C=O) groups excluding carboxylic acids is 2. The van der Waals surface area contributed by atoms with E-state index in [1.807, 2.05) is 20.8 Å². The van der Waals surface area contributed by atoms with Crippen molar-refractivity contribution < 1.29 is 24.0 Å². The second-order valence-corrected chi connectivity index (χ2v) is 7.43. The van der Waals surface area contributed by atoms with Crippen LogP contribution in [0.2, 0.25) is 0 Å². The minimum absolute atomic E-state index is 0.0699. The third-order valence-corrected chi connectivity index (χ3v) is 4.06. The molecule has 0 aliphatic carbocycles. The average Bonchev–Trinajstić information content (AvgIpc) is 2.59. The van der Waals surface area contributed by atoms with Crippen LogP contribution in [0, 0.1) is 16.0 Å². The normalized spacial score (nSPS) is 15.1. The predicted octanol–water partition coefficient (Wildman–Crippen LogP) is 3.33. The van der Waals surface area contributed by atoms with Crippen molar-refractivity contribution in [3.63, 3.8) is 0 Å². The van der Waals surface area contributed by atoms with Crippen molar-refractivity contribution in [2.45, 2.75) is 39.2 Å². The first-order valence-electron chi connectivity index (χ1n) is 8.82. The van der Waals surface area contributed by atoms with E-state index in [0.29, 0.717) is 19.6 Å². The maximum absolute atomic E-state index is 12.0. The summed E-state index contributed by atoms with van der Waals surface area (Å²) in [7, 11) is 0. The zero-order valence-electron chi connectivity index (χ0n) is 15.8.